The highest BCUT2D eigenvalue weighted by Crippen LogP contribution is 2.25. The summed E-state index contributed by atoms with van der Waals surface area (Å²) < 4.78 is 32.5. The Balaban J connectivity index is 1.92. The van der Waals surface area contributed by atoms with Gasteiger partial charge in [0.2, 0.25) is 0 Å². The second-order valence-corrected chi connectivity index (χ2v) is 6.21. The maximum atomic E-state index is 13.6. The van der Waals surface area contributed by atoms with Crippen molar-refractivity contribution in [2.75, 3.05) is 6.61 Å². The summed E-state index contributed by atoms with van der Waals surface area (Å²) >= 11 is 0. The topological polar surface area (TPSA) is 26.3 Å². The minimum absolute atomic E-state index is 0.0631. The van der Waals surface area contributed by atoms with Crippen molar-refractivity contribution >= 4 is 12.0 Å². The molecule has 0 aliphatic rings. The molecule has 2 rings (SSSR count). The van der Waals surface area contributed by atoms with Crippen LogP contribution in [0.1, 0.15) is 36.2 Å². The summed E-state index contributed by atoms with van der Waals surface area (Å²) in [5.74, 6) is -1.58. The summed E-state index contributed by atoms with van der Waals surface area (Å²) in [4.78, 5) is 11.9. The van der Waals surface area contributed by atoms with Gasteiger partial charge < -0.3 is 4.74 Å². The molecule has 0 fully saturated rings. The van der Waals surface area contributed by atoms with Crippen LogP contribution in [0, 0.1) is 17.0 Å². The van der Waals surface area contributed by atoms with Gasteiger partial charge in [-0.25, -0.2) is 13.6 Å². The Labute approximate surface area is 140 Å². The Morgan fingerprint density at radius 2 is 1.67 bits per heavy atom. The number of carbonyl (C=O) groups excluding carboxylic acids is 1. The van der Waals surface area contributed by atoms with E-state index < -0.39 is 11.6 Å². The van der Waals surface area contributed by atoms with Crippen molar-refractivity contribution < 1.29 is 18.3 Å². The molecule has 0 radical (unpaired) electrons. The normalized spacial score (nSPS) is 11.7. The summed E-state index contributed by atoms with van der Waals surface area (Å²) in [6.07, 6.45) is 3.70. The van der Waals surface area contributed by atoms with E-state index in [0.29, 0.717) is 12.0 Å². The highest BCUT2D eigenvalue weighted by molar-refractivity contribution is 5.89. The van der Waals surface area contributed by atoms with E-state index in [-0.39, 0.29) is 23.6 Å². The number of carbonyl (C=O) groups is 1. The molecule has 0 aliphatic heterocycles. The Morgan fingerprint density at radius 3 is 2.29 bits per heavy atom. The van der Waals surface area contributed by atoms with E-state index in [0.717, 1.165) is 0 Å². The highest BCUT2D eigenvalue weighted by Gasteiger charge is 2.16. The molecule has 0 saturated carbocycles. The fourth-order valence-corrected chi connectivity index (χ4v) is 2.13. The lowest BCUT2D eigenvalue weighted by Gasteiger charge is -2.20. The average Bonchev–Trinajstić information content (AvgIpc) is 2.55. The lowest BCUT2D eigenvalue weighted by Crippen LogP contribution is -2.14. The van der Waals surface area contributed by atoms with Crippen molar-refractivity contribution in [1.82, 2.24) is 0 Å². The summed E-state index contributed by atoms with van der Waals surface area (Å²) in [5.41, 5.74) is 0.0669. The largest absolute Gasteiger partial charge is 0.462 e. The number of halogens is 2. The Kier molecular flexibility index (Phi) is 5.85. The molecule has 0 aromatic heterocycles. The minimum atomic E-state index is -0.599. The van der Waals surface area contributed by atoms with Gasteiger partial charge in [0.25, 0.3) is 0 Å². The van der Waals surface area contributed by atoms with Gasteiger partial charge in [0.15, 0.2) is 0 Å². The van der Waals surface area contributed by atoms with Crippen LogP contribution in [0.2, 0.25) is 0 Å². The van der Waals surface area contributed by atoms with Crippen LogP contribution < -0.4 is 0 Å². The zero-order chi connectivity index (χ0) is 17.6. The number of ether oxygens (including phenoxy) is 1. The molecule has 0 aliphatic carbocycles. The zero-order valence-electron chi connectivity index (χ0n) is 13.8. The Bertz CT molecular complexity index is 701. The molecule has 2 aromatic carbocycles. The fraction of sp³-hybridized carbons (Fsp3) is 0.250. The number of rotatable bonds is 6. The molecule has 0 atom stereocenters. The van der Waals surface area contributed by atoms with Crippen LogP contribution in [0.15, 0.2) is 54.6 Å². The third-order valence-electron chi connectivity index (χ3n) is 3.69. The second-order valence-electron chi connectivity index (χ2n) is 6.21. The number of hydrogen-bond acceptors (Lipinski definition) is 2. The molecule has 4 heteroatoms. The molecule has 126 valence electrons. The zero-order valence-corrected chi connectivity index (χ0v) is 13.8. The predicted octanol–water partition coefficient (Wildman–Crippen LogP) is 5.25. The van der Waals surface area contributed by atoms with Gasteiger partial charge >= 0.3 is 5.97 Å². The first-order chi connectivity index (χ1) is 11.4. The monoisotopic (exact) mass is 330 g/mol. The van der Waals surface area contributed by atoms with E-state index in [1.807, 2.05) is 19.9 Å². The molecular weight excluding hydrogens is 310 g/mol. The third kappa shape index (κ3) is 5.01. The van der Waals surface area contributed by atoms with Gasteiger partial charge in [-0.3, -0.25) is 0 Å². The van der Waals surface area contributed by atoms with Crippen molar-refractivity contribution in [3.8, 4) is 0 Å². The predicted molar refractivity (Wildman–Crippen MR) is 90.5 cm³/mol. The van der Waals surface area contributed by atoms with Crippen molar-refractivity contribution in [1.29, 1.82) is 0 Å². The molecule has 0 bridgehead atoms. The van der Waals surface area contributed by atoms with E-state index in [1.165, 1.54) is 24.3 Å². The van der Waals surface area contributed by atoms with Gasteiger partial charge in [-0.2, -0.15) is 0 Å². The standard InChI is InChI=1S/C20H20F2O2/c1-20(2,12-11-16-17(21)9-6-10-18(16)22)13-14-24-19(23)15-7-4-3-5-8-15/h3-12H,13-14H2,1-2H3/b12-11+. The van der Waals surface area contributed by atoms with Crippen LogP contribution >= 0.6 is 0 Å². The van der Waals surface area contributed by atoms with Crippen molar-refractivity contribution in [2.45, 2.75) is 20.3 Å². The van der Waals surface area contributed by atoms with Crippen LogP contribution in [0.4, 0.5) is 8.78 Å². The number of hydrogen-bond donors (Lipinski definition) is 0. The maximum Gasteiger partial charge on any atom is 0.338 e. The van der Waals surface area contributed by atoms with E-state index in [9.17, 15) is 13.6 Å². The average molecular weight is 330 g/mol. The summed E-state index contributed by atoms with van der Waals surface area (Å²) in [6.45, 7) is 4.06. The van der Waals surface area contributed by atoms with Gasteiger partial charge in [-0.1, -0.05) is 50.3 Å². The van der Waals surface area contributed by atoms with Gasteiger partial charge in [0.1, 0.15) is 11.6 Å². The van der Waals surface area contributed by atoms with Gasteiger partial charge in [-0.05, 0) is 36.1 Å². The van der Waals surface area contributed by atoms with Gasteiger partial charge in [0.05, 0.1) is 12.2 Å². The lowest BCUT2D eigenvalue weighted by molar-refractivity contribution is 0.0473. The lowest BCUT2D eigenvalue weighted by atomic mass is 9.88. The van der Waals surface area contributed by atoms with E-state index in [1.54, 1.807) is 30.3 Å². The molecule has 2 nitrogen and oxygen atoms in total. The molecule has 0 amide bonds. The molecule has 0 spiro atoms. The molecule has 0 saturated heterocycles. The van der Waals surface area contributed by atoms with Crippen LogP contribution in [-0.4, -0.2) is 12.6 Å². The number of allylic oxidation sites excluding steroid dienone is 1. The maximum absolute atomic E-state index is 13.6. The fourth-order valence-electron chi connectivity index (χ4n) is 2.13. The van der Waals surface area contributed by atoms with Crippen molar-refractivity contribution in [3.63, 3.8) is 0 Å². The van der Waals surface area contributed by atoms with Crippen molar-refractivity contribution in [2.24, 2.45) is 5.41 Å². The quantitative estimate of drug-likeness (QED) is 0.676. The number of esters is 1. The first-order valence-corrected chi connectivity index (χ1v) is 7.74. The minimum Gasteiger partial charge on any atom is -0.462 e. The van der Waals surface area contributed by atoms with E-state index >= 15 is 0 Å². The van der Waals surface area contributed by atoms with Gasteiger partial charge in [0, 0.05) is 5.56 Å². The van der Waals surface area contributed by atoms with Crippen molar-refractivity contribution in [3.05, 3.63) is 77.4 Å². The van der Waals surface area contributed by atoms with Gasteiger partial charge in [-0.15, -0.1) is 0 Å². The number of benzene rings is 2. The Morgan fingerprint density at radius 1 is 1.04 bits per heavy atom. The summed E-state index contributed by atoms with van der Waals surface area (Å²) in [7, 11) is 0. The van der Waals surface area contributed by atoms with Crippen LogP contribution in [-0.2, 0) is 4.74 Å². The van der Waals surface area contributed by atoms with Crippen LogP contribution in [0.3, 0.4) is 0 Å². The highest BCUT2D eigenvalue weighted by atomic mass is 19.1. The molecule has 0 N–H and O–H groups in total. The first-order valence-electron chi connectivity index (χ1n) is 7.74. The first kappa shape index (κ1) is 17.9. The molecule has 2 aromatic rings. The summed E-state index contributed by atoms with van der Waals surface area (Å²) in [5, 5.41) is 0. The molecule has 0 heterocycles. The van der Waals surface area contributed by atoms with E-state index in [4.69, 9.17) is 4.74 Å². The van der Waals surface area contributed by atoms with Crippen LogP contribution in [0.25, 0.3) is 6.08 Å². The molecule has 24 heavy (non-hydrogen) atoms. The molecule has 0 unspecified atom stereocenters. The summed E-state index contributed by atoms with van der Waals surface area (Å²) in [6, 6.07) is 12.5. The third-order valence-corrected chi connectivity index (χ3v) is 3.69. The van der Waals surface area contributed by atoms with Crippen LogP contribution in [0.5, 0.6) is 0 Å². The Hall–Kier alpha value is -2.49. The second kappa shape index (κ2) is 7.86. The molecular formula is C20H20F2O2. The SMILES string of the molecule is CC(C)(/C=C/c1c(F)cccc1F)CCOC(=O)c1ccccc1. The smallest absolute Gasteiger partial charge is 0.338 e. The van der Waals surface area contributed by atoms with E-state index in [2.05, 4.69) is 0 Å².